The van der Waals surface area contributed by atoms with E-state index in [0.29, 0.717) is 29.3 Å². The van der Waals surface area contributed by atoms with E-state index in [-0.39, 0.29) is 17.9 Å². The molecule has 2 aromatic carbocycles. The Morgan fingerprint density at radius 3 is 2.26 bits per heavy atom. The van der Waals surface area contributed by atoms with Gasteiger partial charge < -0.3 is 9.80 Å². The van der Waals surface area contributed by atoms with Crippen molar-refractivity contribution in [3.63, 3.8) is 0 Å². The Morgan fingerprint density at radius 1 is 0.968 bits per heavy atom. The van der Waals surface area contributed by atoms with Gasteiger partial charge in [0.05, 0.1) is 5.57 Å². The van der Waals surface area contributed by atoms with E-state index in [0.717, 1.165) is 37.1 Å². The van der Waals surface area contributed by atoms with Crippen LogP contribution >= 0.6 is 11.6 Å². The van der Waals surface area contributed by atoms with Gasteiger partial charge in [0.15, 0.2) is 0 Å². The number of likely N-dealkylation sites (tertiary alicyclic amines) is 1. The predicted molar refractivity (Wildman–Crippen MR) is 124 cm³/mol. The van der Waals surface area contributed by atoms with Crippen LogP contribution in [0, 0.1) is 0 Å². The van der Waals surface area contributed by atoms with Crippen molar-refractivity contribution in [1.82, 2.24) is 14.7 Å². The van der Waals surface area contributed by atoms with Crippen LogP contribution < -0.4 is 0 Å². The Hall–Kier alpha value is -2.63. The molecule has 6 heteroatoms. The Bertz CT molecular complexity index is 980. The van der Waals surface area contributed by atoms with E-state index < -0.39 is 0 Å². The summed E-state index contributed by atoms with van der Waals surface area (Å²) in [4.78, 5) is 32.7. The number of imide groups is 1. The molecule has 2 aromatic rings. The molecule has 0 spiro atoms. The molecule has 0 unspecified atom stereocenters. The summed E-state index contributed by atoms with van der Waals surface area (Å²) in [7, 11) is 4.07. The fourth-order valence-corrected chi connectivity index (χ4v) is 4.55. The third-order valence-electron chi connectivity index (χ3n) is 6.33. The van der Waals surface area contributed by atoms with Crippen LogP contribution in [0.2, 0.25) is 5.02 Å². The fourth-order valence-electron chi connectivity index (χ4n) is 4.42. The maximum absolute atomic E-state index is 13.5. The van der Waals surface area contributed by atoms with E-state index in [4.69, 9.17) is 11.6 Å². The summed E-state index contributed by atoms with van der Waals surface area (Å²) in [5.74, 6) is -0.426. The Labute approximate surface area is 188 Å². The normalized spacial score (nSPS) is 18.2. The number of halogens is 1. The van der Waals surface area contributed by atoms with Gasteiger partial charge in [0.25, 0.3) is 11.8 Å². The van der Waals surface area contributed by atoms with Crippen molar-refractivity contribution >= 4 is 29.0 Å². The molecule has 1 fully saturated rings. The first-order valence-corrected chi connectivity index (χ1v) is 11.1. The predicted octanol–water partition coefficient (Wildman–Crippen LogP) is 3.69. The number of likely N-dealkylation sites (N-methyl/N-ethyl adjacent to an activating group) is 1. The van der Waals surface area contributed by atoms with Crippen molar-refractivity contribution < 1.29 is 9.59 Å². The number of carbonyl (C=O) groups excluding carboxylic acids is 2. The quantitative estimate of drug-likeness (QED) is 0.646. The van der Waals surface area contributed by atoms with E-state index in [1.165, 1.54) is 4.90 Å². The molecule has 2 aliphatic heterocycles. The topological polar surface area (TPSA) is 43.9 Å². The van der Waals surface area contributed by atoms with Crippen LogP contribution in [0.3, 0.4) is 0 Å². The van der Waals surface area contributed by atoms with Gasteiger partial charge in [0, 0.05) is 24.7 Å². The fraction of sp³-hybridized carbons (Fsp3) is 0.360. The van der Waals surface area contributed by atoms with Crippen LogP contribution in [0.4, 0.5) is 0 Å². The molecule has 162 valence electrons. The van der Waals surface area contributed by atoms with Crippen LogP contribution in [0.5, 0.6) is 0 Å². The first-order valence-electron chi connectivity index (χ1n) is 10.8. The lowest BCUT2D eigenvalue weighted by atomic mass is 10.0. The number of amides is 2. The van der Waals surface area contributed by atoms with Crippen molar-refractivity contribution in [3.8, 4) is 0 Å². The van der Waals surface area contributed by atoms with E-state index in [1.807, 2.05) is 54.4 Å². The van der Waals surface area contributed by atoms with Crippen LogP contribution in [0.15, 0.2) is 60.3 Å². The number of piperidine rings is 1. The van der Waals surface area contributed by atoms with Crippen LogP contribution in [-0.2, 0) is 16.0 Å². The molecule has 0 bridgehead atoms. The van der Waals surface area contributed by atoms with Crippen LogP contribution in [0.1, 0.15) is 24.0 Å². The molecule has 0 saturated carbocycles. The lowest BCUT2D eigenvalue weighted by Crippen LogP contribution is -2.43. The molecule has 0 N–H and O–H groups in total. The molecule has 0 atom stereocenters. The smallest absolute Gasteiger partial charge is 0.277 e. The molecule has 0 radical (unpaired) electrons. The zero-order chi connectivity index (χ0) is 22.0. The summed E-state index contributed by atoms with van der Waals surface area (Å²) in [6.07, 6.45) is 2.57. The molecule has 2 heterocycles. The molecule has 2 aliphatic rings. The highest BCUT2D eigenvalue weighted by atomic mass is 35.5. The lowest BCUT2D eigenvalue weighted by Gasteiger charge is -2.36. The van der Waals surface area contributed by atoms with E-state index in [9.17, 15) is 9.59 Å². The zero-order valence-corrected chi connectivity index (χ0v) is 18.8. The molecule has 0 aliphatic carbocycles. The number of benzene rings is 2. The first kappa shape index (κ1) is 21.6. The van der Waals surface area contributed by atoms with E-state index >= 15 is 0 Å². The SMILES string of the molecule is CN1CCC(N(C)C2=C(c3ccc(Cl)cc3)C(=O)N(CCc3ccccc3)C2=O)CC1. The maximum Gasteiger partial charge on any atom is 0.277 e. The maximum atomic E-state index is 13.5. The van der Waals surface area contributed by atoms with Gasteiger partial charge in [0.2, 0.25) is 0 Å². The number of nitrogens with zero attached hydrogens (tertiary/aromatic N) is 3. The summed E-state index contributed by atoms with van der Waals surface area (Å²) < 4.78 is 0. The molecule has 4 rings (SSSR count). The zero-order valence-electron chi connectivity index (χ0n) is 18.1. The van der Waals surface area contributed by atoms with Gasteiger partial charge in [0.1, 0.15) is 5.70 Å². The van der Waals surface area contributed by atoms with Crippen LogP contribution in [-0.4, -0.2) is 66.3 Å². The minimum Gasteiger partial charge on any atom is -0.366 e. The van der Waals surface area contributed by atoms with Crippen molar-refractivity contribution in [2.24, 2.45) is 0 Å². The van der Waals surface area contributed by atoms with Gasteiger partial charge in [-0.25, -0.2) is 0 Å². The molecule has 31 heavy (non-hydrogen) atoms. The van der Waals surface area contributed by atoms with Gasteiger partial charge in [-0.1, -0.05) is 54.1 Å². The number of rotatable bonds is 6. The Kier molecular flexibility index (Phi) is 6.44. The molecule has 5 nitrogen and oxygen atoms in total. The van der Waals surface area contributed by atoms with E-state index in [1.54, 1.807) is 12.1 Å². The highest BCUT2D eigenvalue weighted by molar-refractivity contribution is 6.36. The Morgan fingerprint density at radius 2 is 1.61 bits per heavy atom. The third-order valence-corrected chi connectivity index (χ3v) is 6.58. The monoisotopic (exact) mass is 437 g/mol. The molecular weight excluding hydrogens is 410 g/mol. The Balaban J connectivity index is 1.64. The summed E-state index contributed by atoms with van der Waals surface area (Å²) in [5.41, 5.74) is 2.83. The van der Waals surface area contributed by atoms with Gasteiger partial charge in [-0.15, -0.1) is 0 Å². The third kappa shape index (κ3) is 4.53. The van der Waals surface area contributed by atoms with Crippen molar-refractivity contribution in [2.75, 3.05) is 33.7 Å². The summed E-state index contributed by atoms with van der Waals surface area (Å²) in [6.45, 7) is 2.33. The summed E-state index contributed by atoms with van der Waals surface area (Å²) >= 11 is 6.07. The van der Waals surface area contributed by atoms with Gasteiger partial charge in [-0.3, -0.25) is 14.5 Å². The first-order chi connectivity index (χ1) is 15.0. The lowest BCUT2D eigenvalue weighted by molar-refractivity contribution is -0.137. The number of hydrogen-bond donors (Lipinski definition) is 0. The summed E-state index contributed by atoms with van der Waals surface area (Å²) in [6, 6.07) is 17.4. The van der Waals surface area contributed by atoms with Crippen LogP contribution in [0.25, 0.3) is 5.57 Å². The second-order valence-electron chi connectivity index (χ2n) is 8.37. The summed E-state index contributed by atoms with van der Waals surface area (Å²) in [5, 5.41) is 0.604. The largest absolute Gasteiger partial charge is 0.366 e. The van der Waals surface area contributed by atoms with Crippen molar-refractivity contribution in [1.29, 1.82) is 0 Å². The van der Waals surface area contributed by atoms with Gasteiger partial charge >= 0.3 is 0 Å². The standard InChI is InChI=1S/C25H28ClN3O2/c1-27-15-13-21(14-16-27)28(2)23-22(19-8-10-20(26)11-9-19)24(30)29(25(23)31)17-12-18-6-4-3-5-7-18/h3-11,21H,12-17H2,1-2H3. The highest BCUT2D eigenvalue weighted by Crippen LogP contribution is 2.34. The highest BCUT2D eigenvalue weighted by Gasteiger charge is 2.42. The molecular formula is C25H28ClN3O2. The molecule has 1 saturated heterocycles. The minimum absolute atomic E-state index is 0.202. The van der Waals surface area contributed by atoms with Crippen molar-refractivity contribution in [3.05, 3.63) is 76.4 Å². The van der Waals surface area contributed by atoms with Gasteiger partial charge in [-0.05, 0) is 62.7 Å². The second-order valence-corrected chi connectivity index (χ2v) is 8.81. The average Bonchev–Trinajstić information content (AvgIpc) is 3.03. The molecule has 2 amide bonds. The number of carbonyl (C=O) groups is 2. The molecule has 0 aromatic heterocycles. The van der Waals surface area contributed by atoms with Gasteiger partial charge in [-0.2, -0.15) is 0 Å². The minimum atomic E-state index is -0.224. The average molecular weight is 438 g/mol. The van der Waals surface area contributed by atoms with Crippen molar-refractivity contribution in [2.45, 2.75) is 25.3 Å². The second kappa shape index (κ2) is 9.25. The van der Waals surface area contributed by atoms with E-state index in [2.05, 4.69) is 11.9 Å². The number of hydrogen-bond acceptors (Lipinski definition) is 4.